The van der Waals surface area contributed by atoms with E-state index in [1.807, 2.05) is 0 Å². The number of rotatable bonds is 7. The van der Waals surface area contributed by atoms with E-state index < -0.39 is 0 Å². The summed E-state index contributed by atoms with van der Waals surface area (Å²) in [7, 11) is 0. The molecule has 17 heavy (non-hydrogen) atoms. The highest BCUT2D eigenvalue weighted by atomic mass is 16.5. The molecular weight excluding hydrogens is 210 g/mol. The molecule has 1 aromatic rings. The van der Waals surface area contributed by atoms with Gasteiger partial charge in [0.25, 0.3) is 0 Å². The van der Waals surface area contributed by atoms with E-state index in [0.29, 0.717) is 0 Å². The maximum atomic E-state index is 5.07. The first-order valence-electron chi connectivity index (χ1n) is 6.15. The average Bonchev–Trinajstić information content (AvgIpc) is 2.30. The predicted molar refractivity (Wildman–Crippen MR) is 73.1 cm³/mol. The predicted octanol–water partition coefficient (Wildman–Crippen LogP) is 3.25. The summed E-state index contributed by atoms with van der Waals surface area (Å²) in [6.45, 7) is 12.6. The van der Waals surface area contributed by atoms with Crippen molar-refractivity contribution in [1.82, 2.24) is 5.32 Å². The van der Waals surface area contributed by atoms with Crippen LogP contribution in [0.1, 0.15) is 28.7 Å². The van der Waals surface area contributed by atoms with Gasteiger partial charge in [-0.05, 0) is 56.0 Å². The number of hydrogen-bond donors (Lipinski definition) is 1. The zero-order valence-corrected chi connectivity index (χ0v) is 11.2. The van der Waals surface area contributed by atoms with Crippen LogP contribution in [0.25, 0.3) is 0 Å². The molecule has 0 bridgehead atoms. The Balaban J connectivity index is 2.36. The monoisotopic (exact) mass is 233 g/mol. The summed E-state index contributed by atoms with van der Waals surface area (Å²) < 4.78 is 5.07. The molecule has 0 amide bonds. The van der Waals surface area contributed by atoms with Crippen molar-refractivity contribution < 1.29 is 4.74 Å². The Labute approximate surface area is 105 Å². The van der Waals surface area contributed by atoms with Crippen molar-refractivity contribution in [2.24, 2.45) is 0 Å². The lowest BCUT2D eigenvalue weighted by Crippen LogP contribution is -2.16. The lowest BCUT2D eigenvalue weighted by Gasteiger charge is -2.11. The van der Waals surface area contributed by atoms with E-state index in [1.165, 1.54) is 28.5 Å². The second-order valence-corrected chi connectivity index (χ2v) is 4.43. The fraction of sp³-hybridized carbons (Fsp3) is 0.467. The zero-order valence-electron chi connectivity index (χ0n) is 11.2. The smallest absolute Gasteiger partial charge is 0.0885 e. The lowest BCUT2D eigenvalue weighted by molar-refractivity contribution is 0.244. The minimum atomic E-state index is 0.738. The van der Waals surface area contributed by atoms with E-state index in [9.17, 15) is 0 Å². The molecule has 0 aromatic heterocycles. The fourth-order valence-electron chi connectivity index (χ4n) is 1.80. The molecule has 0 aliphatic carbocycles. The largest absolute Gasteiger partial charge is 0.502 e. The Hall–Kier alpha value is -1.28. The molecule has 0 radical (unpaired) electrons. The SMILES string of the molecule is C=COCCCNCc1cc(C)c(C)cc1C. The molecule has 0 saturated heterocycles. The van der Waals surface area contributed by atoms with Gasteiger partial charge < -0.3 is 10.1 Å². The molecule has 94 valence electrons. The van der Waals surface area contributed by atoms with Crippen molar-refractivity contribution in [3.8, 4) is 0 Å². The lowest BCUT2D eigenvalue weighted by atomic mass is 10.0. The topological polar surface area (TPSA) is 21.3 Å². The van der Waals surface area contributed by atoms with Gasteiger partial charge in [0.2, 0.25) is 0 Å². The minimum Gasteiger partial charge on any atom is -0.502 e. The van der Waals surface area contributed by atoms with Gasteiger partial charge >= 0.3 is 0 Å². The summed E-state index contributed by atoms with van der Waals surface area (Å²) in [6.07, 6.45) is 2.50. The van der Waals surface area contributed by atoms with E-state index in [-0.39, 0.29) is 0 Å². The summed E-state index contributed by atoms with van der Waals surface area (Å²) in [5, 5.41) is 3.43. The molecule has 0 unspecified atom stereocenters. The third-order valence-electron chi connectivity index (χ3n) is 3.00. The van der Waals surface area contributed by atoms with Crippen LogP contribution in [0.2, 0.25) is 0 Å². The molecule has 1 N–H and O–H groups in total. The molecule has 1 rings (SSSR count). The molecule has 0 saturated carbocycles. The number of aryl methyl sites for hydroxylation is 3. The first-order chi connectivity index (χ1) is 8.15. The highest BCUT2D eigenvalue weighted by Crippen LogP contribution is 2.14. The highest BCUT2D eigenvalue weighted by molar-refractivity contribution is 5.36. The average molecular weight is 233 g/mol. The molecule has 0 heterocycles. The van der Waals surface area contributed by atoms with Crippen LogP contribution in [-0.2, 0) is 11.3 Å². The molecule has 0 aliphatic rings. The van der Waals surface area contributed by atoms with Crippen molar-refractivity contribution >= 4 is 0 Å². The second kappa shape index (κ2) is 7.13. The van der Waals surface area contributed by atoms with Crippen molar-refractivity contribution in [2.45, 2.75) is 33.7 Å². The van der Waals surface area contributed by atoms with Gasteiger partial charge in [-0.25, -0.2) is 0 Å². The van der Waals surface area contributed by atoms with Crippen LogP contribution in [0.15, 0.2) is 25.0 Å². The van der Waals surface area contributed by atoms with E-state index in [1.54, 1.807) is 0 Å². The second-order valence-electron chi connectivity index (χ2n) is 4.43. The Kier molecular flexibility index (Phi) is 5.78. The maximum Gasteiger partial charge on any atom is 0.0885 e. The Morgan fingerprint density at radius 1 is 1.18 bits per heavy atom. The zero-order chi connectivity index (χ0) is 12.7. The maximum absolute atomic E-state index is 5.07. The van der Waals surface area contributed by atoms with Crippen LogP contribution in [0.4, 0.5) is 0 Å². The van der Waals surface area contributed by atoms with Gasteiger partial charge in [-0.1, -0.05) is 18.7 Å². The number of benzene rings is 1. The normalized spacial score (nSPS) is 10.3. The van der Waals surface area contributed by atoms with Crippen LogP contribution >= 0.6 is 0 Å². The van der Waals surface area contributed by atoms with Gasteiger partial charge in [0.15, 0.2) is 0 Å². The van der Waals surface area contributed by atoms with Crippen LogP contribution in [0.5, 0.6) is 0 Å². The first kappa shape index (κ1) is 13.8. The van der Waals surface area contributed by atoms with Crippen LogP contribution in [0.3, 0.4) is 0 Å². The molecular formula is C15H23NO. The summed E-state index contributed by atoms with van der Waals surface area (Å²) in [6, 6.07) is 4.53. The summed E-state index contributed by atoms with van der Waals surface area (Å²) in [5.41, 5.74) is 5.48. The summed E-state index contributed by atoms with van der Waals surface area (Å²) >= 11 is 0. The summed E-state index contributed by atoms with van der Waals surface area (Å²) in [5.74, 6) is 0. The van der Waals surface area contributed by atoms with Crippen LogP contribution < -0.4 is 5.32 Å². The van der Waals surface area contributed by atoms with E-state index in [0.717, 1.165) is 26.1 Å². The van der Waals surface area contributed by atoms with Gasteiger partial charge in [0.05, 0.1) is 12.9 Å². The Morgan fingerprint density at radius 2 is 1.88 bits per heavy atom. The molecule has 1 aromatic carbocycles. The van der Waals surface area contributed by atoms with Crippen molar-refractivity contribution in [3.05, 3.63) is 47.2 Å². The molecule has 2 heteroatoms. The third-order valence-corrected chi connectivity index (χ3v) is 3.00. The van der Waals surface area contributed by atoms with Crippen molar-refractivity contribution in [3.63, 3.8) is 0 Å². The number of ether oxygens (including phenoxy) is 1. The molecule has 0 spiro atoms. The van der Waals surface area contributed by atoms with E-state index in [4.69, 9.17) is 4.74 Å². The quantitative estimate of drug-likeness (QED) is 0.576. The number of hydrogen-bond acceptors (Lipinski definition) is 2. The van der Waals surface area contributed by atoms with Gasteiger partial charge in [-0.3, -0.25) is 0 Å². The standard InChI is InChI=1S/C15H23NO/c1-5-17-8-6-7-16-11-15-10-13(3)12(2)9-14(15)4/h5,9-10,16H,1,6-8,11H2,2-4H3. The van der Waals surface area contributed by atoms with Gasteiger partial charge in [0, 0.05) is 6.54 Å². The van der Waals surface area contributed by atoms with Crippen LogP contribution in [0, 0.1) is 20.8 Å². The minimum absolute atomic E-state index is 0.738. The fourth-order valence-corrected chi connectivity index (χ4v) is 1.80. The van der Waals surface area contributed by atoms with Crippen LogP contribution in [-0.4, -0.2) is 13.2 Å². The number of nitrogens with one attached hydrogen (secondary N) is 1. The molecule has 2 nitrogen and oxygen atoms in total. The summed E-state index contributed by atoms with van der Waals surface area (Å²) in [4.78, 5) is 0. The Morgan fingerprint density at radius 3 is 2.59 bits per heavy atom. The van der Waals surface area contributed by atoms with Crippen molar-refractivity contribution in [2.75, 3.05) is 13.2 Å². The van der Waals surface area contributed by atoms with Gasteiger partial charge in [0.1, 0.15) is 0 Å². The molecule has 0 fully saturated rings. The van der Waals surface area contributed by atoms with E-state index >= 15 is 0 Å². The first-order valence-corrected chi connectivity index (χ1v) is 6.15. The Bertz CT molecular complexity index is 371. The molecule has 0 aliphatic heterocycles. The van der Waals surface area contributed by atoms with E-state index in [2.05, 4.69) is 44.8 Å². The third kappa shape index (κ3) is 4.61. The van der Waals surface area contributed by atoms with Crippen molar-refractivity contribution in [1.29, 1.82) is 0 Å². The van der Waals surface area contributed by atoms with Gasteiger partial charge in [-0.2, -0.15) is 0 Å². The highest BCUT2D eigenvalue weighted by Gasteiger charge is 2.01. The van der Waals surface area contributed by atoms with Gasteiger partial charge in [-0.15, -0.1) is 0 Å². The molecule has 0 atom stereocenters.